The Morgan fingerprint density at radius 1 is 1.20 bits per heavy atom. The van der Waals surface area contributed by atoms with Crippen molar-refractivity contribution in [2.24, 2.45) is 10.2 Å². The topological polar surface area (TPSA) is 139 Å². The highest BCUT2D eigenvalue weighted by Crippen LogP contribution is 2.20. The Morgan fingerprint density at radius 3 is 2.34 bits per heavy atom. The van der Waals surface area contributed by atoms with Gasteiger partial charge < -0.3 is 14.2 Å². The Balaban J connectivity index is 0.000000641. The fourth-order valence-corrected chi connectivity index (χ4v) is 2.97. The summed E-state index contributed by atoms with van der Waals surface area (Å²) in [7, 11) is 0.247. The van der Waals surface area contributed by atoms with E-state index in [9.17, 15) is 17.8 Å². The predicted octanol–water partition coefficient (Wildman–Crippen LogP) is 1.95. The minimum absolute atomic E-state index is 0.166. The lowest BCUT2D eigenvalue weighted by Crippen LogP contribution is -2.36. The number of likely N-dealkylation sites (N-methyl/N-ethyl adjacent to an activating group) is 1. The van der Waals surface area contributed by atoms with Crippen molar-refractivity contribution in [1.29, 1.82) is 0 Å². The highest BCUT2D eigenvalue weighted by Gasteiger charge is 2.26. The number of anilines is 1. The summed E-state index contributed by atoms with van der Waals surface area (Å²) in [5.41, 5.74) is 5.46. The Labute approximate surface area is 205 Å². The maximum atomic E-state index is 12.0. The summed E-state index contributed by atoms with van der Waals surface area (Å²) in [4.78, 5) is 14.2. The lowest BCUT2D eigenvalue weighted by atomic mass is 10.2. The third kappa shape index (κ3) is 9.41. The van der Waals surface area contributed by atoms with Gasteiger partial charge in [0.05, 0.1) is 32.0 Å². The Morgan fingerprint density at radius 2 is 1.83 bits per heavy atom. The van der Waals surface area contributed by atoms with Crippen LogP contribution in [0.4, 0.5) is 11.4 Å². The first-order valence-corrected chi connectivity index (χ1v) is 12.0. The van der Waals surface area contributed by atoms with Crippen molar-refractivity contribution in [2.75, 3.05) is 45.8 Å². The average Bonchev–Trinajstić information content (AvgIpc) is 3.18. The molecule has 1 aliphatic heterocycles. The van der Waals surface area contributed by atoms with Crippen LogP contribution in [-0.4, -0.2) is 82.1 Å². The van der Waals surface area contributed by atoms with Crippen molar-refractivity contribution in [3.8, 4) is 0 Å². The van der Waals surface area contributed by atoms with Gasteiger partial charge in [-0.2, -0.15) is 10.5 Å². The van der Waals surface area contributed by atoms with E-state index in [1.54, 1.807) is 12.1 Å². The van der Waals surface area contributed by atoms with Crippen molar-refractivity contribution >= 4 is 34.1 Å². The molecule has 190 valence electrons. The minimum atomic E-state index is -4.41. The first kappa shape index (κ1) is 27.9. The Kier molecular flexibility index (Phi) is 10.7. The van der Waals surface area contributed by atoms with Crippen LogP contribution >= 0.6 is 0 Å². The molecule has 0 radical (unpaired) electrons. The molecule has 0 saturated carbocycles. The molecular weight excluding hydrogens is 476 g/mol. The molecule has 2 aromatic rings. The largest absolute Gasteiger partial charge is 0.726 e. The summed E-state index contributed by atoms with van der Waals surface area (Å²) in [6.07, 6.45) is 1.68. The molecule has 0 amide bonds. The number of rotatable bonds is 9. The number of carbonyl (C=O) groups excluding carboxylic acids is 1. The Bertz CT molecular complexity index is 1110. The fourth-order valence-electron chi connectivity index (χ4n) is 2.97. The zero-order chi connectivity index (χ0) is 25.8. The standard InChI is InChI=1S/C21H26N6O2.CH4O4S/c1-4-27(14-15-29-20(28)17-8-6-5-7-9-17)19-12-10-18(11-13-19)23-24-21-25(2)16-22-26(21)3;1-5-6(2,3)4/h5-13,16,21H,4,14-15H2,1-3H3;1H3,(H,2,3,4). The van der Waals surface area contributed by atoms with Crippen molar-refractivity contribution in [3.63, 3.8) is 0 Å². The highest BCUT2D eigenvalue weighted by molar-refractivity contribution is 7.80. The third-order valence-electron chi connectivity index (χ3n) is 4.86. The zero-order valence-electron chi connectivity index (χ0n) is 20.1. The van der Waals surface area contributed by atoms with Crippen molar-refractivity contribution in [2.45, 2.75) is 13.2 Å². The third-order valence-corrected chi connectivity index (χ3v) is 5.26. The lowest BCUT2D eigenvalue weighted by Gasteiger charge is -2.23. The smallest absolute Gasteiger partial charge is 0.338 e. The number of benzene rings is 2. The van der Waals surface area contributed by atoms with Gasteiger partial charge >= 0.3 is 5.97 Å². The molecule has 35 heavy (non-hydrogen) atoms. The molecule has 0 bridgehead atoms. The zero-order valence-corrected chi connectivity index (χ0v) is 20.9. The van der Waals surface area contributed by atoms with Crippen LogP contribution in [0.1, 0.15) is 17.3 Å². The van der Waals surface area contributed by atoms with E-state index in [0.29, 0.717) is 18.7 Å². The second kappa shape index (κ2) is 13.5. The second-order valence-corrected chi connectivity index (χ2v) is 8.42. The number of hydrazine groups is 1. The summed E-state index contributed by atoms with van der Waals surface area (Å²) >= 11 is 0. The van der Waals surface area contributed by atoms with Crippen LogP contribution in [0.15, 0.2) is 64.8 Å². The quantitative estimate of drug-likeness (QED) is 0.178. The van der Waals surface area contributed by atoms with Crippen molar-refractivity contribution in [3.05, 3.63) is 60.2 Å². The van der Waals surface area contributed by atoms with Crippen LogP contribution in [0, 0.1) is 0 Å². The predicted molar refractivity (Wildman–Crippen MR) is 129 cm³/mol. The van der Waals surface area contributed by atoms with E-state index in [4.69, 9.17) is 4.74 Å². The summed E-state index contributed by atoms with van der Waals surface area (Å²) < 4.78 is 38.3. The summed E-state index contributed by atoms with van der Waals surface area (Å²) in [5, 5.41) is 10.6. The number of azo groups is 1. The van der Waals surface area contributed by atoms with E-state index >= 15 is 0 Å². The molecule has 0 aromatic heterocycles. The molecule has 1 unspecified atom stereocenters. The van der Waals surface area contributed by atoms with E-state index in [0.717, 1.165) is 25.0 Å². The minimum Gasteiger partial charge on any atom is -0.726 e. The first-order chi connectivity index (χ1) is 16.6. The van der Waals surface area contributed by atoms with Gasteiger partial charge in [-0.3, -0.25) is 4.18 Å². The van der Waals surface area contributed by atoms with Gasteiger partial charge in [-0.1, -0.05) is 23.2 Å². The number of esters is 1. The second-order valence-electron chi connectivity index (χ2n) is 7.27. The molecule has 0 saturated heterocycles. The summed E-state index contributed by atoms with van der Waals surface area (Å²) in [6.45, 7) is 3.83. The number of hydrogen-bond acceptors (Lipinski definition) is 11. The van der Waals surface area contributed by atoms with Crippen LogP contribution in [-0.2, 0) is 19.3 Å². The van der Waals surface area contributed by atoms with Crippen LogP contribution in [0.5, 0.6) is 0 Å². The lowest BCUT2D eigenvalue weighted by molar-refractivity contribution is -0.545. The fraction of sp³-hybridized carbons (Fsp3) is 0.364. The SMILES string of the molecule is CCN(CCOC(=O)c1ccccc1)c1ccc(N=NC2N(C)NC=[N+]2C)cc1.COS(=O)(=O)[O-]. The van der Waals surface area contributed by atoms with Crippen molar-refractivity contribution in [1.82, 2.24) is 10.4 Å². The molecule has 3 rings (SSSR count). The van der Waals surface area contributed by atoms with Crippen LogP contribution in [0.2, 0.25) is 0 Å². The number of hydrogen-bond donors (Lipinski definition) is 1. The molecule has 1 N–H and O–H groups in total. The normalized spacial score (nSPS) is 15.7. The first-order valence-electron chi connectivity index (χ1n) is 10.7. The van der Waals surface area contributed by atoms with Gasteiger partial charge in [0, 0.05) is 19.3 Å². The molecule has 1 heterocycles. The van der Waals surface area contributed by atoms with E-state index in [-0.39, 0.29) is 12.3 Å². The van der Waals surface area contributed by atoms with Gasteiger partial charge in [-0.05, 0) is 43.3 Å². The van der Waals surface area contributed by atoms with Crippen LogP contribution in [0.25, 0.3) is 0 Å². The number of carbonyl (C=O) groups is 1. The van der Waals surface area contributed by atoms with E-state index in [1.165, 1.54) is 0 Å². The molecule has 0 spiro atoms. The van der Waals surface area contributed by atoms with Crippen LogP contribution < -0.4 is 10.3 Å². The summed E-state index contributed by atoms with van der Waals surface area (Å²) in [6, 6.07) is 16.9. The van der Waals surface area contributed by atoms with Gasteiger partial charge in [0.2, 0.25) is 10.4 Å². The van der Waals surface area contributed by atoms with E-state index < -0.39 is 10.4 Å². The van der Waals surface area contributed by atoms with Crippen LogP contribution in [0.3, 0.4) is 0 Å². The molecule has 1 atom stereocenters. The molecule has 0 fully saturated rings. The summed E-state index contributed by atoms with van der Waals surface area (Å²) in [5.74, 6) is -0.300. The maximum absolute atomic E-state index is 12.0. The van der Waals surface area contributed by atoms with Gasteiger partial charge in [0.15, 0.2) is 0 Å². The highest BCUT2D eigenvalue weighted by atomic mass is 32.3. The van der Waals surface area contributed by atoms with E-state index in [2.05, 4.69) is 31.7 Å². The monoisotopic (exact) mass is 506 g/mol. The molecule has 12 nitrogen and oxygen atoms in total. The molecule has 13 heteroatoms. The van der Waals surface area contributed by atoms with Crippen molar-refractivity contribution < 1.29 is 31.3 Å². The number of nitrogens with zero attached hydrogens (tertiary/aromatic N) is 5. The maximum Gasteiger partial charge on any atom is 0.338 e. The Hall–Kier alpha value is -3.39. The van der Waals surface area contributed by atoms with E-state index in [1.807, 2.05) is 72.5 Å². The van der Waals surface area contributed by atoms with Gasteiger partial charge in [-0.15, -0.1) is 5.11 Å². The van der Waals surface area contributed by atoms with Gasteiger partial charge in [-0.25, -0.2) is 17.8 Å². The number of nitrogens with one attached hydrogen (secondary N) is 1. The van der Waals surface area contributed by atoms with Gasteiger partial charge in [0.25, 0.3) is 12.6 Å². The average molecular weight is 507 g/mol. The molecule has 0 aliphatic carbocycles. The van der Waals surface area contributed by atoms with Gasteiger partial charge in [0.1, 0.15) is 6.61 Å². The molecule has 1 aliphatic rings. The molecule has 2 aromatic carbocycles. The number of ether oxygens (including phenoxy) is 1. The molecular formula is C22H30N6O6S.